The van der Waals surface area contributed by atoms with Crippen LogP contribution in [0.25, 0.3) is 0 Å². The average molecular weight is 371 g/mol. The zero-order chi connectivity index (χ0) is 17.0. The molecule has 1 aliphatic rings. The predicted octanol–water partition coefficient (Wildman–Crippen LogP) is 1.31. The highest BCUT2D eigenvalue weighted by molar-refractivity contribution is 7.88. The summed E-state index contributed by atoms with van der Waals surface area (Å²) in [7, 11) is -3.29. The summed E-state index contributed by atoms with van der Waals surface area (Å²) in [5, 5.41) is 12.5. The molecule has 0 atom stereocenters. The maximum Gasteiger partial charge on any atom is 0.211 e. The third-order valence-electron chi connectivity index (χ3n) is 4.07. The molecule has 0 amide bonds. The maximum atomic E-state index is 12.1. The number of ether oxygens (including phenoxy) is 1. The normalized spacial score (nSPS) is 15.4. The van der Waals surface area contributed by atoms with Crippen LogP contribution < -0.4 is 0 Å². The van der Waals surface area contributed by atoms with E-state index in [1.807, 2.05) is 9.95 Å². The Morgan fingerprint density at radius 3 is 3.00 bits per heavy atom. The minimum Gasteiger partial charge on any atom is -0.379 e. The van der Waals surface area contributed by atoms with Gasteiger partial charge < -0.3 is 9.30 Å². The van der Waals surface area contributed by atoms with Gasteiger partial charge in [0.2, 0.25) is 10.0 Å². The first-order valence-corrected chi connectivity index (χ1v) is 10.8. The van der Waals surface area contributed by atoms with Gasteiger partial charge in [0.15, 0.2) is 0 Å². The van der Waals surface area contributed by atoms with Gasteiger partial charge in [0.1, 0.15) is 11.6 Å². The van der Waals surface area contributed by atoms with Gasteiger partial charge >= 0.3 is 0 Å². The fourth-order valence-electron chi connectivity index (χ4n) is 2.77. The molecule has 0 aromatic carbocycles. The van der Waals surface area contributed by atoms with Crippen LogP contribution in [0.4, 0.5) is 0 Å². The smallest absolute Gasteiger partial charge is 0.211 e. The fourth-order valence-corrected chi connectivity index (χ4v) is 4.28. The van der Waals surface area contributed by atoms with Crippen LogP contribution in [0.3, 0.4) is 0 Å². The fraction of sp³-hybridized carbons (Fsp3) is 0.600. The van der Waals surface area contributed by atoms with Crippen molar-refractivity contribution in [3.05, 3.63) is 34.0 Å². The van der Waals surface area contributed by atoms with Gasteiger partial charge in [-0.1, -0.05) is 0 Å². The first-order valence-electron chi connectivity index (χ1n) is 7.99. The van der Waals surface area contributed by atoms with Crippen molar-refractivity contribution >= 4 is 21.4 Å². The molecule has 0 aliphatic carbocycles. The van der Waals surface area contributed by atoms with Crippen molar-refractivity contribution in [2.75, 3.05) is 26.0 Å². The lowest BCUT2D eigenvalue weighted by Crippen LogP contribution is -2.32. The highest BCUT2D eigenvalue weighted by Gasteiger charge is 2.22. The monoisotopic (exact) mass is 370 g/mol. The van der Waals surface area contributed by atoms with E-state index in [4.69, 9.17) is 4.74 Å². The van der Waals surface area contributed by atoms with E-state index in [2.05, 4.69) is 21.6 Å². The minimum absolute atomic E-state index is 0.259. The number of sulfonamides is 1. The van der Waals surface area contributed by atoms with Gasteiger partial charge in [-0.25, -0.2) is 8.42 Å². The zero-order valence-electron chi connectivity index (χ0n) is 13.7. The molecule has 2 aromatic rings. The van der Waals surface area contributed by atoms with Crippen LogP contribution in [0.5, 0.6) is 0 Å². The Bertz CT molecular complexity index is 756. The Morgan fingerprint density at radius 1 is 1.38 bits per heavy atom. The predicted molar refractivity (Wildman–Crippen MR) is 92.4 cm³/mol. The lowest BCUT2D eigenvalue weighted by molar-refractivity contribution is 0.139. The molecule has 24 heavy (non-hydrogen) atoms. The Morgan fingerprint density at radius 2 is 2.25 bits per heavy atom. The molecule has 0 bridgehead atoms. The quantitative estimate of drug-likeness (QED) is 0.734. The molecule has 3 rings (SSSR count). The SMILES string of the molecule is CS(=O)(=O)N(CCCc1ccsc1)Cc1nnc2n1CCOCC2. The summed E-state index contributed by atoms with van der Waals surface area (Å²) in [6.45, 7) is 2.65. The number of hydrogen-bond acceptors (Lipinski definition) is 6. The first kappa shape index (κ1) is 17.5. The van der Waals surface area contributed by atoms with Gasteiger partial charge in [0, 0.05) is 19.5 Å². The van der Waals surface area contributed by atoms with Crippen LogP contribution in [0, 0.1) is 0 Å². The molecule has 0 saturated heterocycles. The number of nitrogens with zero attached hydrogens (tertiary/aromatic N) is 4. The summed E-state index contributed by atoms with van der Waals surface area (Å²) >= 11 is 1.66. The number of hydrogen-bond donors (Lipinski definition) is 0. The van der Waals surface area contributed by atoms with Gasteiger partial charge in [0.25, 0.3) is 0 Å². The van der Waals surface area contributed by atoms with Gasteiger partial charge in [-0.05, 0) is 35.2 Å². The Kier molecular flexibility index (Phi) is 5.65. The van der Waals surface area contributed by atoms with Gasteiger partial charge in [-0.15, -0.1) is 10.2 Å². The standard InChI is InChI=1S/C15H22N4O3S2/c1-24(20,21)18(6-2-3-13-5-10-23-12-13)11-15-17-16-14-4-8-22-9-7-19(14)15/h5,10,12H,2-4,6-9,11H2,1H3. The molecule has 0 N–H and O–H groups in total. The molecule has 1 aliphatic heterocycles. The molecule has 0 radical (unpaired) electrons. The first-order chi connectivity index (χ1) is 11.5. The number of fused-ring (bicyclic) bond motifs is 1. The minimum atomic E-state index is -3.29. The van der Waals surface area contributed by atoms with Crippen molar-refractivity contribution in [2.45, 2.75) is 32.4 Å². The van der Waals surface area contributed by atoms with Crippen molar-refractivity contribution < 1.29 is 13.2 Å². The Hall–Kier alpha value is -1.29. The molecule has 132 valence electrons. The van der Waals surface area contributed by atoms with Crippen molar-refractivity contribution in [2.24, 2.45) is 0 Å². The largest absolute Gasteiger partial charge is 0.379 e. The molecule has 0 saturated carbocycles. The van der Waals surface area contributed by atoms with Crippen LogP contribution in [0.15, 0.2) is 16.8 Å². The van der Waals surface area contributed by atoms with Gasteiger partial charge in [-0.2, -0.15) is 15.6 Å². The van der Waals surface area contributed by atoms with Crippen LogP contribution in [-0.2, 0) is 40.7 Å². The summed E-state index contributed by atoms with van der Waals surface area (Å²) < 4.78 is 33.2. The van der Waals surface area contributed by atoms with Crippen LogP contribution in [0.2, 0.25) is 0 Å². The molecule has 7 nitrogen and oxygen atoms in total. The highest BCUT2D eigenvalue weighted by atomic mass is 32.2. The molecule has 0 unspecified atom stereocenters. The van der Waals surface area contributed by atoms with Crippen LogP contribution in [-0.4, -0.2) is 53.5 Å². The van der Waals surface area contributed by atoms with Crippen LogP contribution in [0.1, 0.15) is 23.6 Å². The lowest BCUT2D eigenvalue weighted by atomic mass is 10.2. The topological polar surface area (TPSA) is 77.3 Å². The Labute approximate surface area is 146 Å². The summed E-state index contributed by atoms with van der Waals surface area (Å²) in [6.07, 6.45) is 3.62. The summed E-state index contributed by atoms with van der Waals surface area (Å²) in [4.78, 5) is 0. The molecule has 9 heteroatoms. The maximum absolute atomic E-state index is 12.1. The zero-order valence-corrected chi connectivity index (χ0v) is 15.4. The number of rotatable bonds is 7. The third kappa shape index (κ3) is 4.41. The molecule has 0 spiro atoms. The van der Waals surface area contributed by atoms with E-state index >= 15 is 0 Å². The van der Waals surface area contributed by atoms with E-state index in [1.54, 1.807) is 11.3 Å². The van der Waals surface area contributed by atoms with Crippen molar-refractivity contribution in [3.8, 4) is 0 Å². The second-order valence-corrected chi connectivity index (χ2v) is 8.64. The van der Waals surface area contributed by atoms with E-state index < -0.39 is 10.0 Å². The molecule has 3 heterocycles. The number of aryl methyl sites for hydroxylation is 1. The van der Waals surface area contributed by atoms with E-state index in [-0.39, 0.29) is 6.54 Å². The van der Waals surface area contributed by atoms with E-state index in [9.17, 15) is 8.42 Å². The van der Waals surface area contributed by atoms with E-state index in [1.165, 1.54) is 16.1 Å². The number of thiophene rings is 1. The third-order valence-corrected chi connectivity index (χ3v) is 6.05. The van der Waals surface area contributed by atoms with E-state index in [0.29, 0.717) is 38.5 Å². The van der Waals surface area contributed by atoms with Crippen molar-refractivity contribution in [3.63, 3.8) is 0 Å². The van der Waals surface area contributed by atoms with Crippen molar-refractivity contribution in [1.82, 2.24) is 19.1 Å². The second kappa shape index (κ2) is 7.73. The summed E-state index contributed by atoms with van der Waals surface area (Å²) in [5.41, 5.74) is 1.25. The Balaban J connectivity index is 1.67. The van der Waals surface area contributed by atoms with Crippen molar-refractivity contribution in [1.29, 1.82) is 0 Å². The van der Waals surface area contributed by atoms with Gasteiger partial charge in [-0.3, -0.25) is 0 Å². The number of aromatic nitrogens is 3. The summed E-state index contributed by atoms with van der Waals surface area (Å²) in [6, 6.07) is 2.08. The van der Waals surface area contributed by atoms with Gasteiger partial charge in [0.05, 0.1) is 26.0 Å². The lowest BCUT2D eigenvalue weighted by Gasteiger charge is -2.19. The van der Waals surface area contributed by atoms with Crippen LogP contribution >= 0.6 is 11.3 Å². The van der Waals surface area contributed by atoms with E-state index in [0.717, 1.165) is 18.7 Å². The highest BCUT2D eigenvalue weighted by Crippen LogP contribution is 2.14. The molecular formula is C15H22N4O3S2. The molecule has 0 fully saturated rings. The summed E-state index contributed by atoms with van der Waals surface area (Å²) in [5.74, 6) is 1.56. The second-order valence-electron chi connectivity index (χ2n) is 5.88. The molecular weight excluding hydrogens is 348 g/mol. The average Bonchev–Trinajstić information content (AvgIpc) is 3.10. The molecule has 2 aromatic heterocycles.